The Hall–Kier alpha value is -2.46. The third-order valence-corrected chi connectivity index (χ3v) is 8.06. The van der Waals surface area contributed by atoms with Crippen molar-refractivity contribution in [1.29, 1.82) is 0 Å². The molecule has 0 radical (unpaired) electrons. The molecule has 10 heteroatoms. The Balaban J connectivity index is 1.72. The van der Waals surface area contributed by atoms with E-state index in [1.54, 1.807) is 13.0 Å². The summed E-state index contributed by atoms with van der Waals surface area (Å²) in [7, 11) is -3.76. The van der Waals surface area contributed by atoms with Gasteiger partial charge in [0.25, 0.3) is 0 Å². The van der Waals surface area contributed by atoms with Gasteiger partial charge in [-0.05, 0) is 56.0 Å². The fourth-order valence-corrected chi connectivity index (χ4v) is 5.86. The third-order valence-electron chi connectivity index (χ3n) is 6.38. The average molecular weight is 583 g/mol. The molecule has 196 valence electrons. The van der Waals surface area contributed by atoms with E-state index in [0.717, 1.165) is 46.3 Å². The van der Waals surface area contributed by atoms with Crippen LogP contribution in [0.2, 0.25) is 0 Å². The molecular formula is C26H33BrFN3O4S. The van der Waals surface area contributed by atoms with Crippen LogP contribution in [0.15, 0.2) is 53.0 Å². The van der Waals surface area contributed by atoms with Crippen molar-refractivity contribution >= 4 is 43.5 Å². The highest BCUT2D eigenvalue weighted by Gasteiger charge is 2.29. The molecule has 0 aliphatic heterocycles. The second-order valence-corrected chi connectivity index (χ2v) is 12.0. The van der Waals surface area contributed by atoms with Crippen LogP contribution in [0.3, 0.4) is 0 Å². The van der Waals surface area contributed by atoms with Gasteiger partial charge < -0.3 is 10.2 Å². The Labute approximate surface area is 221 Å². The van der Waals surface area contributed by atoms with Crippen molar-refractivity contribution in [2.75, 3.05) is 17.1 Å². The van der Waals surface area contributed by atoms with Gasteiger partial charge in [-0.2, -0.15) is 0 Å². The first-order valence-corrected chi connectivity index (χ1v) is 14.8. The quantitative estimate of drug-likeness (QED) is 0.420. The van der Waals surface area contributed by atoms with Gasteiger partial charge in [-0.3, -0.25) is 13.9 Å². The summed E-state index contributed by atoms with van der Waals surface area (Å²) in [4.78, 5) is 27.9. The molecule has 0 spiro atoms. The van der Waals surface area contributed by atoms with E-state index < -0.39 is 21.9 Å². The zero-order valence-corrected chi connectivity index (χ0v) is 23.0. The van der Waals surface area contributed by atoms with Gasteiger partial charge in [0.1, 0.15) is 11.9 Å². The van der Waals surface area contributed by atoms with Gasteiger partial charge in [0, 0.05) is 30.0 Å². The molecule has 3 rings (SSSR count). The van der Waals surface area contributed by atoms with Crippen molar-refractivity contribution in [2.24, 2.45) is 0 Å². The van der Waals surface area contributed by atoms with Crippen LogP contribution in [0.25, 0.3) is 0 Å². The molecule has 2 aromatic rings. The Kier molecular flexibility index (Phi) is 9.90. The molecule has 1 fully saturated rings. The number of hydrogen-bond donors (Lipinski definition) is 1. The van der Waals surface area contributed by atoms with E-state index in [9.17, 15) is 22.4 Å². The van der Waals surface area contributed by atoms with Crippen molar-refractivity contribution in [1.82, 2.24) is 10.2 Å². The van der Waals surface area contributed by atoms with E-state index in [1.165, 1.54) is 23.1 Å². The number of carbonyl (C=O) groups excluding carboxylic acids is 2. The maximum Gasteiger partial charge on any atom is 0.242 e. The minimum absolute atomic E-state index is 0.00945. The minimum atomic E-state index is -3.76. The highest BCUT2D eigenvalue weighted by atomic mass is 79.9. The Bertz CT molecular complexity index is 1170. The van der Waals surface area contributed by atoms with E-state index in [-0.39, 0.29) is 49.5 Å². The molecule has 1 unspecified atom stereocenters. The van der Waals surface area contributed by atoms with E-state index in [1.807, 2.05) is 24.3 Å². The maximum absolute atomic E-state index is 14.3. The van der Waals surface area contributed by atoms with Crippen LogP contribution < -0.4 is 9.62 Å². The molecule has 36 heavy (non-hydrogen) atoms. The van der Waals surface area contributed by atoms with Crippen molar-refractivity contribution in [3.63, 3.8) is 0 Å². The lowest BCUT2D eigenvalue weighted by atomic mass is 10.1. The van der Waals surface area contributed by atoms with Crippen LogP contribution in [-0.4, -0.2) is 50.0 Å². The number of nitrogens with zero attached hydrogens (tertiary/aromatic N) is 2. The molecule has 0 aromatic heterocycles. The first kappa shape index (κ1) is 28.1. The lowest BCUT2D eigenvalue weighted by molar-refractivity contribution is -0.141. The molecule has 1 aliphatic carbocycles. The summed E-state index contributed by atoms with van der Waals surface area (Å²) in [6.07, 6.45) is 5.24. The SMILES string of the molecule is CC(C(=O)NC1CCCC1)N(Cc1cccc(Br)c1)C(=O)CCCN(c1ccccc1F)S(C)(=O)=O. The zero-order chi connectivity index (χ0) is 26.3. The number of hydrogen-bond acceptors (Lipinski definition) is 4. The predicted octanol–water partition coefficient (Wildman–Crippen LogP) is 4.61. The van der Waals surface area contributed by atoms with Crippen LogP contribution >= 0.6 is 15.9 Å². The summed E-state index contributed by atoms with van der Waals surface area (Å²) in [5, 5.41) is 3.06. The van der Waals surface area contributed by atoms with Crippen LogP contribution in [0.5, 0.6) is 0 Å². The van der Waals surface area contributed by atoms with Gasteiger partial charge in [0.05, 0.1) is 11.9 Å². The van der Waals surface area contributed by atoms with Gasteiger partial charge >= 0.3 is 0 Å². The molecule has 1 N–H and O–H groups in total. The van der Waals surface area contributed by atoms with Crippen molar-refractivity contribution in [3.8, 4) is 0 Å². The minimum Gasteiger partial charge on any atom is -0.352 e. The topological polar surface area (TPSA) is 86.8 Å². The molecule has 2 amide bonds. The monoisotopic (exact) mass is 581 g/mol. The zero-order valence-electron chi connectivity index (χ0n) is 20.6. The number of halogens is 2. The number of nitrogens with one attached hydrogen (secondary N) is 1. The summed E-state index contributed by atoms with van der Waals surface area (Å²) < 4.78 is 40.8. The van der Waals surface area contributed by atoms with Crippen LogP contribution in [0, 0.1) is 5.82 Å². The molecule has 0 bridgehead atoms. The number of benzene rings is 2. The van der Waals surface area contributed by atoms with E-state index in [4.69, 9.17) is 0 Å². The smallest absolute Gasteiger partial charge is 0.242 e. The fraction of sp³-hybridized carbons (Fsp3) is 0.462. The first-order chi connectivity index (χ1) is 17.1. The summed E-state index contributed by atoms with van der Waals surface area (Å²) >= 11 is 3.44. The lowest BCUT2D eigenvalue weighted by Crippen LogP contribution is -2.49. The Morgan fingerprint density at radius 3 is 2.47 bits per heavy atom. The molecule has 2 aromatic carbocycles. The normalized spacial score (nSPS) is 14.9. The molecule has 1 aliphatic rings. The summed E-state index contributed by atoms with van der Waals surface area (Å²) in [6.45, 7) is 1.89. The maximum atomic E-state index is 14.3. The summed E-state index contributed by atoms with van der Waals surface area (Å²) in [5.41, 5.74) is 0.810. The number of rotatable bonds is 11. The highest BCUT2D eigenvalue weighted by Crippen LogP contribution is 2.23. The van der Waals surface area contributed by atoms with Crippen LogP contribution in [0.1, 0.15) is 51.0 Å². The molecule has 1 saturated carbocycles. The molecule has 0 heterocycles. The lowest BCUT2D eigenvalue weighted by Gasteiger charge is -2.30. The molecule has 1 atom stereocenters. The van der Waals surface area contributed by atoms with Crippen molar-refractivity contribution in [2.45, 2.75) is 64.1 Å². The second kappa shape index (κ2) is 12.7. The largest absolute Gasteiger partial charge is 0.352 e. The van der Waals surface area contributed by atoms with Gasteiger partial charge in [0.15, 0.2) is 0 Å². The Morgan fingerprint density at radius 2 is 1.83 bits per heavy atom. The van der Waals surface area contributed by atoms with Gasteiger partial charge in [-0.15, -0.1) is 0 Å². The molecular weight excluding hydrogens is 549 g/mol. The standard InChI is InChI=1S/C26H33BrFN3O4S/c1-19(26(33)29-22-11-3-4-12-22)30(18-20-9-7-10-21(27)17-20)25(32)15-8-16-31(36(2,34)35)24-14-6-5-13-23(24)28/h5-7,9-10,13-14,17,19,22H,3-4,8,11-12,15-16,18H2,1-2H3,(H,29,33). The number of carbonyl (C=O) groups is 2. The van der Waals surface area contributed by atoms with Gasteiger partial charge in [0.2, 0.25) is 21.8 Å². The van der Waals surface area contributed by atoms with E-state index in [0.29, 0.717) is 0 Å². The summed E-state index contributed by atoms with van der Waals surface area (Å²) in [5.74, 6) is -1.12. The highest BCUT2D eigenvalue weighted by molar-refractivity contribution is 9.10. The first-order valence-electron chi connectivity index (χ1n) is 12.1. The summed E-state index contributed by atoms with van der Waals surface area (Å²) in [6, 6.07) is 12.6. The van der Waals surface area contributed by atoms with Gasteiger partial charge in [-0.25, -0.2) is 12.8 Å². The van der Waals surface area contributed by atoms with Crippen molar-refractivity contribution in [3.05, 3.63) is 64.4 Å². The second-order valence-electron chi connectivity index (χ2n) is 9.21. The van der Waals surface area contributed by atoms with Crippen LogP contribution in [0.4, 0.5) is 10.1 Å². The number of sulfonamides is 1. The number of amides is 2. The number of para-hydroxylation sites is 1. The van der Waals surface area contributed by atoms with Crippen molar-refractivity contribution < 1.29 is 22.4 Å². The average Bonchev–Trinajstić information content (AvgIpc) is 3.33. The van der Waals surface area contributed by atoms with E-state index >= 15 is 0 Å². The Morgan fingerprint density at radius 1 is 1.14 bits per heavy atom. The van der Waals surface area contributed by atoms with Crippen LogP contribution in [-0.2, 0) is 26.2 Å². The molecule has 0 saturated heterocycles. The number of anilines is 1. The fourth-order valence-electron chi connectivity index (χ4n) is 4.44. The van der Waals surface area contributed by atoms with Gasteiger partial charge in [-0.1, -0.05) is 53.0 Å². The van der Waals surface area contributed by atoms with E-state index in [2.05, 4.69) is 21.2 Å². The predicted molar refractivity (Wildman–Crippen MR) is 142 cm³/mol. The molecule has 7 nitrogen and oxygen atoms in total. The third kappa shape index (κ3) is 7.77.